The first-order chi connectivity index (χ1) is 12.9. The molecule has 0 saturated carbocycles. The molecule has 0 aliphatic heterocycles. The number of carbonyl (C=O) groups is 2. The smallest absolute Gasteiger partial charge is 0.348 e. The molecule has 1 aromatic heterocycles. The number of amides is 1. The van der Waals surface area contributed by atoms with Crippen LogP contribution < -0.4 is 10.0 Å². The number of carboxylic acid groups (broad SMARTS) is 1. The van der Waals surface area contributed by atoms with Gasteiger partial charge in [-0.05, 0) is 24.3 Å². The number of thiazole rings is 1. The lowest BCUT2D eigenvalue weighted by atomic mass is 10.1. The van der Waals surface area contributed by atoms with Gasteiger partial charge in [0.05, 0.1) is 11.1 Å². The average molecular weight is 405 g/mol. The van der Waals surface area contributed by atoms with E-state index in [1.807, 2.05) is 0 Å². The molecule has 0 saturated heterocycles. The summed E-state index contributed by atoms with van der Waals surface area (Å²) in [6.07, 6.45) is 1.52. The molecular weight excluding hydrogens is 390 g/mol. The highest BCUT2D eigenvalue weighted by atomic mass is 32.2. The number of rotatable bonds is 6. The summed E-state index contributed by atoms with van der Waals surface area (Å²) < 4.78 is 25.8. The lowest BCUT2D eigenvalue weighted by molar-refractivity contribution is -0.464. The van der Waals surface area contributed by atoms with Gasteiger partial charge in [0.2, 0.25) is 0 Å². The number of hydrogen-bond acceptors (Lipinski definition) is 6. The fourth-order valence-electron chi connectivity index (χ4n) is 2.36. The van der Waals surface area contributed by atoms with Crippen molar-refractivity contribution < 1.29 is 33.2 Å². The molecule has 0 spiro atoms. The molecule has 0 unspecified atom stereocenters. The van der Waals surface area contributed by atoms with E-state index in [0.717, 1.165) is 4.72 Å². The van der Waals surface area contributed by atoms with Crippen LogP contribution in [0, 0.1) is 0 Å². The Morgan fingerprint density at radius 1 is 1.00 bits per heavy atom. The Kier molecular flexibility index (Phi) is 5.42. The Balaban J connectivity index is 1.76. The minimum atomic E-state index is -3.65. The van der Waals surface area contributed by atoms with E-state index in [-0.39, 0.29) is 16.0 Å². The Hall–Kier alpha value is -2.92. The van der Waals surface area contributed by atoms with Crippen molar-refractivity contribution in [2.75, 3.05) is 0 Å². The second-order valence-electron chi connectivity index (χ2n) is 5.46. The number of quaternary nitrogens is 2. The van der Waals surface area contributed by atoms with Crippen LogP contribution in [0.5, 0.6) is 0 Å². The number of primary amides is 1. The SMILES string of the molecule is O=C(O)c1ccccc1C(=O)[NH2+]c1ccc(S(=O)(=O)[NH2+]c2nccs2)cc1. The Labute approximate surface area is 158 Å². The van der Waals surface area contributed by atoms with Crippen LogP contribution in [0.1, 0.15) is 20.7 Å². The van der Waals surface area contributed by atoms with E-state index in [1.54, 1.807) is 17.5 Å². The fourth-order valence-corrected chi connectivity index (χ4v) is 4.32. The summed E-state index contributed by atoms with van der Waals surface area (Å²) in [6, 6.07) is 11.7. The number of sulfonamides is 1. The van der Waals surface area contributed by atoms with Crippen molar-refractivity contribution in [1.29, 1.82) is 0 Å². The molecule has 0 radical (unpaired) electrons. The molecule has 0 aliphatic rings. The Morgan fingerprint density at radius 2 is 1.67 bits per heavy atom. The molecule has 0 bridgehead atoms. The largest absolute Gasteiger partial charge is 0.478 e. The van der Waals surface area contributed by atoms with E-state index in [9.17, 15) is 23.1 Å². The first-order valence-corrected chi connectivity index (χ1v) is 10.1. The molecule has 0 aliphatic carbocycles. The second kappa shape index (κ2) is 7.76. The third-order valence-electron chi connectivity index (χ3n) is 3.64. The minimum absolute atomic E-state index is 0.0683. The number of carbonyl (C=O) groups excluding carboxylic acids is 1. The summed E-state index contributed by atoms with van der Waals surface area (Å²) in [7, 11) is -3.65. The third-order valence-corrected chi connectivity index (χ3v) is 5.97. The maximum Gasteiger partial charge on any atom is 0.348 e. The highest BCUT2D eigenvalue weighted by Gasteiger charge is 2.22. The lowest BCUT2D eigenvalue weighted by Gasteiger charge is -2.04. The van der Waals surface area contributed by atoms with Crippen molar-refractivity contribution >= 4 is 44.1 Å². The second-order valence-corrected chi connectivity index (χ2v) is 8.18. The first-order valence-electron chi connectivity index (χ1n) is 7.67. The van der Waals surface area contributed by atoms with Crippen LogP contribution in [-0.4, -0.2) is 30.4 Å². The average Bonchev–Trinajstić information content (AvgIpc) is 3.14. The molecule has 2 aromatic carbocycles. The van der Waals surface area contributed by atoms with Crippen molar-refractivity contribution in [2.45, 2.75) is 4.90 Å². The van der Waals surface area contributed by atoms with Crippen LogP contribution in [-0.2, 0) is 10.0 Å². The fraction of sp³-hybridized carbons (Fsp3) is 0. The van der Waals surface area contributed by atoms with Crippen LogP contribution in [0.2, 0.25) is 0 Å². The molecule has 5 N–H and O–H groups in total. The number of primary sulfonamides is 1. The molecule has 0 atom stereocenters. The molecular formula is C17H15N3O5S2+2. The number of carboxylic acids is 1. The van der Waals surface area contributed by atoms with Gasteiger partial charge in [0.15, 0.2) is 0 Å². The standard InChI is InChI=1S/C17H13N3O5S2/c21-15(13-3-1-2-4-14(13)16(22)23)19-11-5-7-12(8-6-11)27(24,25)20-17-18-9-10-26-17/h1-10H,(H,18,20)(H,19,21)(H,22,23)/p+2. The quantitative estimate of drug-likeness (QED) is 0.510. The molecule has 138 valence electrons. The van der Waals surface area contributed by atoms with Gasteiger partial charge in [-0.2, -0.15) is 18.1 Å². The van der Waals surface area contributed by atoms with Gasteiger partial charge in [0.1, 0.15) is 10.6 Å². The number of aromatic carboxylic acids is 1. The zero-order valence-electron chi connectivity index (χ0n) is 13.8. The van der Waals surface area contributed by atoms with Gasteiger partial charge in [-0.3, -0.25) is 0 Å². The van der Waals surface area contributed by atoms with E-state index in [4.69, 9.17) is 0 Å². The van der Waals surface area contributed by atoms with Crippen molar-refractivity contribution in [2.24, 2.45) is 0 Å². The number of aromatic nitrogens is 1. The minimum Gasteiger partial charge on any atom is -0.478 e. The van der Waals surface area contributed by atoms with Gasteiger partial charge in [-0.25, -0.2) is 14.9 Å². The van der Waals surface area contributed by atoms with Gasteiger partial charge < -0.3 is 5.11 Å². The summed E-state index contributed by atoms with van der Waals surface area (Å²) in [4.78, 5) is 27.6. The van der Waals surface area contributed by atoms with Gasteiger partial charge in [-0.1, -0.05) is 23.5 Å². The first kappa shape index (κ1) is 18.9. The number of benzene rings is 2. The predicted octanol–water partition coefficient (Wildman–Crippen LogP) is 0.460. The number of nitrogens with zero attached hydrogens (tertiary/aromatic N) is 1. The van der Waals surface area contributed by atoms with Crippen molar-refractivity contribution in [1.82, 2.24) is 4.98 Å². The van der Waals surface area contributed by atoms with Crippen molar-refractivity contribution in [3.63, 3.8) is 0 Å². The van der Waals surface area contributed by atoms with Crippen molar-refractivity contribution in [3.8, 4) is 0 Å². The van der Waals surface area contributed by atoms with Crippen molar-refractivity contribution in [3.05, 3.63) is 71.2 Å². The molecule has 1 heterocycles. The van der Waals surface area contributed by atoms with E-state index in [2.05, 4.69) is 4.98 Å². The molecule has 3 aromatic rings. The topological polar surface area (TPSA) is 135 Å². The molecule has 3 rings (SSSR count). The maximum absolute atomic E-state index is 12.4. The van der Waals surface area contributed by atoms with Gasteiger partial charge in [0.25, 0.3) is 5.13 Å². The molecule has 10 heteroatoms. The van der Waals surface area contributed by atoms with E-state index < -0.39 is 21.9 Å². The summed E-state index contributed by atoms with van der Waals surface area (Å²) in [5, 5.41) is 12.5. The van der Waals surface area contributed by atoms with Gasteiger partial charge in [-0.15, -0.1) is 0 Å². The van der Waals surface area contributed by atoms with E-state index in [1.165, 1.54) is 59.2 Å². The van der Waals surface area contributed by atoms with Gasteiger partial charge in [0, 0.05) is 23.7 Å². The number of hydrogen-bond donors (Lipinski definition) is 3. The lowest BCUT2D eigenvalue weighted by Crippen LogP contribution is -2.82. The summed E-state index contributed by atoms with van der Waals surface area (Å²) >= 11 is 1.21. The Bertz CT molecular complexity index is 1080. The maximum atomic E-state index is 12.4. The van der Waals surface area contributed by atoms with Crippen LogP contribution in [0.15, 0.2) is 65.0 Å². The highest BCUT2D eigenvalue weighted by Crippen LogP contribution is 2.12. The van der Waals surface area contributed by atoms with Crippen LogP contribution in [0.3, 0.4) is 0 Å². The highest BCUT2D eigenvalue weighted by molar-refractivity contribution is 7.85. The molecule has 1 amide bonds. The van der Waals surface area contributed by atoms with E-state index >= 15 is 0 Å². The summed E-state index contributed by atoms with van der Waals surface area (Å²) in [6.45, 7) is 0. The van der Waals surface area contributed by atoms with E-state index in [0.29, 0.717) is 10.8 Å². The monoisotopic (exact) mass is 405 g/mol. The molecule has 8 nitrogen and oxygen atoms in total. The summed E-state index contributed by atoms with van der Waals surface area (Å²) in [5.74, 6) is -1.66. The molecule has 0 fully saturated rings. The van der Waals surface area contributed by atoms with Crippen LogP contribution >= 0.6 is 11.3 Å². The normalized spacial score (nSPS) is 11.3. The zero-order valence-corrected chi connectivity index (χ0v) is 15.4. The summed E-state index contributed by atoms with van der Waals surface area (Å²) in [5.41, 5.74) is 0.447. The van der Waals surface area contributed by atoms with Crippen LogP contribution in [0.4, 0.5) is 10.8 Å². The van der Waals surface area contributed by atoms with Crippen LogP contribution in [0.25, 0.3) is 0 Å². The number of nitrogens with two attached hydrogens (primary N) is 2. The Morgan fingerprint density at radius 3 is 2.26 bits per heavy atom. The predicted molar refractivity (Wildman–Crippen MR) is 96.6 cm³/mol. The molecule has 27 heavy (non-hydrogen) atoms. The van der Waals surface area contributed by atoms with Gasteiger partial charge >= 0.3 is 21.9 Å². The zero-order chi connectivity index (χ0) is 19.4. The third kappa shape index (κ3) is 4.44.